The number of amides is 1. The van der Waals surface area contributed by atoms with Crippen molar-refractivity contribution in [2.24, 2.45) is 0 Å². The molecule has 86 valence electrons. The molecule has 2 rings (SSSR count). The van der Waals surface area contributed by atoms with Gasteiger partial charge in [0.25, 0.3) is 0 Å². The average Bonchev–Trinajstić information content (AvgIpc) is 2.24. The van der Waals surface area contributed by atoms with Crippen LogP contribution in [0.4, 0.5) is 5.69 Å². The first kappa shape index (κ1) is 11.3. The Morgan fingerprint density at radius 1 is 1.25 bits per heavy atom. The van der Waals surface area contributed by atoms with Crippen LogP contribution in [-0.4, -0.2) is 25.5 Å². The van der Waals surface area contributed by atoms with Gasteiger partial charge in [-0.2, -0.15) is 0 Å². The van der Waals surface area contributed by atoms with Gasteiger partial charge in [-0.3, -0.25) is 4.79 Å². The summed E-state index contributed by atoms with van der Waals surface area (Å²) in [4.78, 5) is 13.4. The van der Waals surface area contributed by atoms with E-state index in [9.17, 15) is 4.79 Å². The van der Waals surface area contributed by atoms with Crippen LogP contribution >= 0.6 is 11.6 Å². The Morgan fingerprint density at radius 2 is 2.06 bits per heavy atom. The second kappa shape index (κ2) is 5.21. The number of nitrogens with zero attached hydrogens (tertiary/aromatic N) is 1. The Morgan fingerprint density at radius 3 is 2.88 bits per heavy atom. The van der Waals surface area contributed by atoms with Crippen LogP contribution in [0.15, 0.2) is 24.3 Å². The maximum Gasteiger partial charge on any atom is 0.220 e. The van der Waals surface area contributed by atoms with Crippen molar-refractivity contribution < 1.29 is 4.79 Å². The molecule has 3 nitrogen and oxygen atoms in total. The van der Waals surface area contributed by atoms with E-state index in [4.69, 9.17) is 11.6 Å². The number of halogens is 1. The van der Waals surface area contributed by atoms with E-state index in [1.54, 1.807) is 0 Å². The summed E-state index contributed by atoms with van der Waals surface area (Å²) >= 11 is 6.15. The molecule has 0 saturated carbocycles. The number of hydrogen-bond donors (Lipinski definition) is 1. The lowest BCUT2D eigenvalue weighted by Crippen LogP contribution is -2.38. The lowest BCUT2D eigenvalue weighted by Gasteiger charge is -2.27. The number of para-hydroxylation sites is 1. The number of anilines is 1. The van der Waals surface area contributed by atoms with Crippen molar-refractivity contribution in [2.75, 3.05) is 24.5 Å². The molecule has 1 aliphatic heterocycles. The Labute approximate surface area is 100 Å². The van der Waals surface area contributed by atoms with Crippen LogP contribution < -0.4 is 10.2 Å². The summed E-state index contributed by atoms with van der Waals surface area (Å²) in [5, 5.41) is 3.65. The Kier molecular flexibility index (Phi) is 3.67. The average molecular weight is 239 g/mol. The number of nitrogens with one attached hydrogen (secondary N) is 1. The number of benzene rings is 1. The Balaban J connectivity index is 2.09. The molecule has 1 saturated heterocycles. The van der Waals surface area contributed by atoms with Crippen LogP contribution in [0.3, 0.4) is 0 Å². The predicted octanol–water partition coefficient (Wildman–Crippen LogP) is 2.06. The van der Waals surface area contributed by atoms with Gasteiger partial charge in [0, 0.05) is 26.1 Å². The highest BCUT2D eigenvalue weighted by molar-refractivity contribution is 6.33. The van der Waals surface area contributed by atoms with E-state index in [2.05, 4.69) is 10.2 Å². The molecule has 1 aromatic carbocycles. The fraction of sp³-hybridized carbons (Fsp3) is 0.417. The van der Waals surface area contributed by atoms with E-state index in [0.717, 1.165) is 30.2 Å². The summed E-state index contributed by atoms with van der Waals surface area (Å²) < 4.78 is 0. The smallest absolute Gasteiger partial charge is 0.220 e. The summed E-state index contributed by atoms with van der Waals surface area (Å²) in [6, 6.07) is 7.83. The molecule has 1 aliphatic rings. The second-order valence-corrected chi connectivity index (χ2v) is 4.30. The molecular weight excluding hydrogens is 224 g/mol. The molecule has 16 heavy (non-hydrogen) atoms. The molecule has 0 atom stereocenters. The zero-order valence-corrected chi connectivity index (χ0v) is 9.83. The van der Waals surface area contributed by atoms with Gasteiger partial charge in [-0.15, -0.1) is 0 Å². The van der Waals surface area contributed by atoms with E-state index < -0.39 is 0 Å². The first-order chi connectivity index (χ1) is 7.77. The monoisotopic (exact) mass is 238 g/mol. The number of rotatable bonds is 1. The molecule has 1 aromatic rings. The van der Waals surface area contributed by atoms with Crippen molar-refractivity contribution in [3.8, 4) is 0 Å². The minimum absolute atomic E-state index is 0.152. The van der Waals surface area contributed by atoms with Gasteiger partial charge in [-0.1, -0.05) is 23.7 Å². The molecule has 1 amide bonds. The maximum absolute atomic E-state index is 11.2. The van der Waals surface area contributed by atoms with Gasteiger partial charge in [-0.25, -0.2) is 0 Å². The quantitative estimate of drug-likeness (QED) is 0.812. The predicted molar refractivity (Wildman–Crippen MR) is 65.9 cm³/mol. The van der Waals surface area contributed by atoms with Crippen LogP contribution in [0.5, 0.6) is 0 Å². The van der Waals surface area contributed by atoms with E-state index >= 15 is 0 Å². The van der Waals surface area contributed by atoms with Crippen molar-refractivity contribution >= 4 is 23.2 Å². The third kappa shape index (κ3) is 2.67. The maximum atomic E-state index is 11.2. The zero-order chi connectivity index (χ0) is 11.4. The summed E-state index contributed by atoms with van der Waals surface area (Å²) in [6.45, 7) is 2.39. The molecule has 1 heterocycles. The van der Waals surface area contributed by atoms with Gasteiger partial charge in [0.1, 0.15) is 0 Å². The van der Waals surface area contributed by atoms with Crippen LogP contribution in [0, 0.1) is 0 Å². The summed E-state index contributed by atoms with van der Waals surface area (Å²) in [6.07, 6.45) is 1.47. The molecule has 4 heteroatoms. The lowest BCUT2D eigenvalue weighted by atomic mass is 10.2. The van der Waals surface area contributed by atoms with E-state index in [-0.39, 0.29) is 5.91 Å². The summed E-state index contributed by atoms with van der Waals surface area (Å²) in [7, 11) is 0. The molecule has 0 aliphatic carbocycles. The molecular formula is C12H15ClN2O. The number of carbonyl (C=O) groups is 1. The highest BCUT2D eigenvalue weighted by Crippen LogP contribution is 2.25. The Bertz CT molecular complexity index is 369. The largest absolute Gasteiger partial charge is 0.369 e. The summed E-state index contributed by atoms with van der Waals surface area (Å²) in [5.74, 6) is 0.152. The fourth-order valence-electron chi connectivity index (χ4n) is 1.91. The first-order valence-electron chi connectivity index (χ1n) is 5.53. The van der Waals surface area contributed by atoms with Crippen molar-refractivity contribution in [1.82, 2.24) is 5.32 Å². The Hall–Kier alpha value is -1.22. The van der Waals surface area contributed by atoms with Crippen LogP contribution in [0.1, 0.15) is 12.8 Å². The van der Waals surface area contributed by atoms with Crippen molar-refractivity contribution in [3.63, 3.8) is 0 Å². The van der Waals surface area contributed by atoms with Gasteiger partial charge in [-0.05, 0) is 18.6 Å². The highest BCUT2D eigenvalue weighted by Gasteiger charge is 2.13. The van der Waals surface area contributed by atoms with E-state index in [0.29, 0.717) is 13.0 Å². The molecule has 0 aromatic heterocycles. The van der Waals surface area contributed by atoms with Gasteiger partial charge in [0.05, 0.1) is 10.7 Å². The van der Waals surface area contributed by atoms with Gasteiger partial charge < -0.3 is 10.2 Å². The fourth-order valence-corrected chi connectivity index (χ4v) is 2.17. The minimum Gasteiger partial charge on any atom is -0.369 e. The highest BCUT2D eigenvalue weighted by atomic mass is 35.5. The SMILES string of the molecule is O=C1CCCN(c2ccccc2Cl)CCN1. The van der Waals surface area contributed by atoms with Crippen molar-refractivity contribution in [3.05, 3.63) is 29.3 Å². The topological polar surface area (TPSA) is 32.3 Å². The van der Waals surface area contributed by atoms with Gasteiger partial charge in [0.2, 0.25) is 5.91 Å². The minimum atomic E-state index is 0.152. The second-order valence-electron chi connectivity index (χ2n) is 3.89. The lowest BCUT2D eigenvalue weighted by molar-refractivity contribution is -0.121. The van der Waals surface area contributed by atoms with Gasteiger partial charge in [0.15, 0.2) is 0 Å². The van der Waals surface area contributed by atoms with Crippen molar-refractivity contribution in [1.29, 1.82) is 0 Å². The van der Waals surface area contributed by atoms with Crippen molar-refractivity contribution in [2.45, 2.75) is 12.8 Å². The summed E-state index contributed by atoms with van der Waals surface area (Å²) in [5.41, 5.74) is 1.06. The first-order valence-corrected chi connectivity index (χ1v) is 5.91. The standard InChI is InChI=1S/C12H15ClN2O/c13-10-4-1-2-5-11(10)15-8-3-6-12(16)14-7-9-15/h1-2,4-5H,3,6-9H2,(H,14,16). The van der Waals surface area contributed by atoms with E-state index in [1.165, 1.54) is 0 Å². The third-order valence-corrected chi connectivity index (χ3v) is 3.05. The molecule has 0 radical (unpaired) electrons. The molecule has 0 unspecified atom stereocenters. The van der Waals surface area contributed by atoms with E-state index in [1.807, 2.05) is 24.3 Å². The number of hydrogen-bond acceptors (Lipinski definition) is 2. The zero-order valence-electron chi connectivity index (χ0n) is 9.08. The molecule has 0 spiro atoms. The van der Waals surface area contributed by atoms with Crippen LogP contribution in [0.2, 0.25) is 5.02 Å². The molecule has 0 bridgehead atoms. The number of carbonyl (C=O) groups excluding carboxylic acids is 1. The van der Waals surface area contributed by atoms with Crippen LogP contribution in [-0.2, 0) is 4.79 Å². The molecule has 1 fully saturated rings. The third-order valence-electron chi connectivity index (χ3n) is 2.73. The van der Waals surface area contributed by atoms with Gasteiger partial charge >= 0.3 is 0 Å². The molecule has 1 N–H and O–H groups in total. The normalized spacial score (nSPS) is 17.6. The van der Waals surface area contributed by atoms with Crippen LogP contribution in [0.25, 0.3) is 0 Å².